The minimum absolute atomic E-state index is 0.0832. The van der Waals surface area contributed by atoms with Crippen LogP contribution in [0.15, 0.2) is 4.99 Å². The summed E-state index contributed by atoms with van der Waals surface area (Å²) in [5, 5.41) is 11.1. The quantitative estimate of drug-likeness (QED) is 0.230. The lowest BCUT2D eigenvalue weighted by Gasteiger charge is -2.33. The minimum atomic E-state index is -0.211. The lowest BCUT2D eigenvalue weighted by Crippen LogP contribution is -2.47. The molecule has 10 heteroatoms. The van der Waals surface area contributed by atoms with Crippen molar-refractivity contribution in [3.05, 3.63) is 11.4 Å². The van der Waals surface area contributed by atoms with Crippen molar-refractivity contribution in [2.24, 2.45) is 18.0 Å². The first-order chi connectivity index (χ1) is 19.1. The first kappa shape index (κ1) is 33.9. The highest BCUT2D eigenvalue weighted by Crippen LogP contribution is 2.31. The summed E-state index contributed by atoms with van der Waals surface area (Å²) in [5.74, 6) is 0.492. The van der Waals surface area contributed by atoms with Gasteiger partial charge in [0.1, 0.15) is 12.0 Å². The Morgan fingerprint density at radius 2 is 1.70 bits per heavy atom. The molecule has 2 fully saturated rings. The molecule has 40 heavy (non-hydrogen) atoms. The average molecular weight is 561 g/mol. The van der Waals surface area contributed by atoms with E-state index in [-0.39, 0.29) is 11.3 Å². The van der Waals surface area contributed by atoms with E-state index in [0.717, 1.165) is 70.0 Å². The topological polar surface area (TPSA) is 98.1 Å². The number of anilines is 1. The van der Waals surface area contributed by atoms with Crippen LogP contribution in [0.2, 0.25) is 0 Å². The van der Waals surface area contributed by atoms with Gasteiger partial charge in [-0.2, -0.15) is 5.10 Å². The van der Waals surface area contributed by atoms with Crippen molar-refractivity contribution in [2.45, 2.75) is 72.1 Å². The Morgan fingerprint density at radius 3 is 2.25 bits per heavy atom. The standard InChI is InChI=1S/C25H43N7O2.C5H13N/c1-25(2,3)23-21(28-19-26-10-11-31-12-14-32(15-13-31)16-17-33)22(30(4)29-23)24(34)27-18-20-8-6-5-7-9-20;1-4-6(3)5-2/h17,19-20H,5-16,18H2,1-4H3,(H,26,28)(H,27,34);4-5H2,1-3H3. The van der Waals surface area contributed by atoms with Crippen molar-refractivity contribution in [3.8, 4) is 0 Å². The monoisotopic (exact) mass is 560 g/mol. The van der Waals surface area contributed by atoms with E-state index < -0.39 is 0 Å². The van der Waals surface area contributed by atoms with Gasteiger partial charge in [0.25, 0.3) is 5.91 Å². The highest BCUT2D eigenvalue weighted by molar-refractivity contribution is 6.01. The van der Waals surface area contributed by atoms with Gasteiger partial charge < -0.3 is 20.3 Å². The molecule has 0 radical (unpaired) electrons. The summed E-state index contributed by atoms with van der Waals surface area (Å²) in [7, 11) is 3.94. The number of carbonyl (C=O) groups is 2. The van der Waals surface area contributed by atoms with Gasteiger partial charge >= 0.3 is 0 Å². The van der Waals surface area contributed by atoms with E-state index in [1.54, 1.807) is 11.0 Å². The van der Waals surface area contributed by atoms with E-state index in [2.05, 4.69) is 77.1 Å². The van der Waals surface area contributed by atoms with Crippen LogP contribution in [-0.4, -0.2) is 116 Å². The highest BCUT2D eigenvalue weighted by atomic mass is 16.2. The first-order valence-electron chi connectivity index (χ1n) is 15.3. The Kier molecular flexibility index (Phi) is 14.8. The van der Waals surface area contributed by atoms with Gasteiger partial charge in [-0.15, -0.1) is 0 Å². The number of piperazine rings is 1. The molecule has 2 N–H and O–H groups in total. The molecule has 228 valence electrons. The maximum absolute atomic E-state index is 13.1. The molecule has 0 unspecified atom stereocenters. The van der Waals surface area contributed by atoms with Crippen LogP contribution in [0.3, 0.4) is 0 Å². The van der Waals surface area contributed by atoms with Crippen molar-refractivity contribution in [3.63, 3.8) is 0 Å². The summed E-state index contributed by atoms with van der Waals surface area (Å²) in [6.45, 7) is 19.5. The molecule has 0 atom stereocenters. The maximum atomic E-state index is 13.1. The third-order valence-electron chi connectivity index (χ3n) is 7.97. The maximum Gasteiger partial charge on any atom is 0.271 e. The van der Waals surface area contributed by atoms with Crippen molar-refractivity contribution in [1.29, 1.82) is 0 Å². The molecule has 1 saturated heterocycles. The zero-order chi connectivity index (χ0) is 29.5. The Bertz CT molecular complexity index is 906. The number of aryl methyl sites for hydroxylation is 1. The molecule has 0 spiro atoms. The molecule has 1 aromatic heterocycles. The minimum Gasteiger partial charge on any atom is -0.350 e. The Hall–Kier alpha value is -2.30. The van der Waals surface area contributed by atoms with Gasteiger partial charge in [-0.3, -0.25) is 24.3 Å². The molecule has 2 heterocycles. The van der Waals surface area contributed by atoms with Crippen LogP contribution >= 0.6 is 0 Å². The second-order valence-corrected chi connectivity index (χ2v) is 12.1. The summed E-state index contributed by atoms with van der Waals surface area (Å²) in [6, 6.07) is 0. The van der Waals surface area contributed by atoms with Gasteiger partial charge in [-0.05, 0) is 38.9 Å². The Morgan fingerprint density at radius 1 is 1.07 bits per heavy atom. The average Bonchev–Trinajstić information content (AvgIpc) is 3.29. The van der Waals surface area contributed by atoms with E-state index in [1.807, 2.05) is 7.05 Å². The molecule has 10 nitrogen and oxygen atoms in total. The first-order valence-corrected chi connectivity index (χ1v) is 15.3. The van der Waals surface area contributed by atoms with Crippen LogP contribution in [0.4, 0.5) is 5.69 Å². The van der Waals surface area contributed by atoms with Crippen LogP contribution in [0, 0.1) is 5.92 Å². The summed E-state index contributed by atoms with van der Waals surface area (Å²) in [6.07, 6.45) is 8.90. The van der Waals surface area contributed by atoms with Gasteiger partial charge in [-0.25, -0.2) is 0 Å². The van der Waals surface area contributed by atoms with Gasteiger partial charge in [0, 0.05) is 51.7 Å². The number of nitrogens with one attached hydrogen (secondary N) is 2. The molecule has 0 bridgehead atoms. The SMILES string of the molecule is CCN(C)CC.Cn1nc(C(C)(C)C)c(NC=NCCN2CCN(CC=O)CC2)c1C(=O)NCC1CCCCC1. The summed E-state index contributed by atoms with van der Waals surface area (Å²) < 4.78 is 1.69. The fourth-order valence-corrected chi connectivity index (χ4v) is 5.06. The van der Waals surface area contributed by atoms with E-state index in [4.69, 9.17) is 0 Å². The predicted molar refractivity (Wildman–Crippen MR) is 166 cm³/mol. The number of aldehydes is 1. The Labute approximate surface area is 242 Å². The highest BCUT2D eigenvalue weighted by Gasteiger charge is 2.29. The van der Waals surface area contributed by atoms with Crippen molar-refractivity contribution in [1.82, 2.24) is 29.8 Å². The third kappa shape index (κ3) is 11.3. The largest absolute Gasteiger partial charge is 0.350 e. The zero-order valence-corrected chi connectivity index (χ0v) is 26.3. The summed E-state index contributed by atoms with van der Waals surface area (Å²) >= 11 is 0. The summed E-state index contributed by atoms with van der Waals surface area (Å²) in [5.41, 5.74) is 1.94. The molecule has 1 aliphatic heterocycles. The number of hydrogen-bond acceptors (Lipinski definition) is 7. The molecule has 1 saturated carbocycles. The summed E-state index contributed by atoms with van der Waals surface area (Å²) in [4.78, 5) is 35.2. The second-order valence-electron chi connectivity index (χ2n) is 12.1. The lowest BCUT2D eigenvalue weighted by atomic mass is 9.89. The van der Waals surface area contributed by atoms with E-state index in [1.165, 1.54) is 32.1 Å². The number of hydrogen-bond donors (Lipinski definition) is 2. The van der Waals surface area contributed by atoms with Crippen LogP contribution < -0.4 is 10.6 Å². The normalized spacial score (nSPS) is 17.6. The molecule has 1 amide bonds. The number of aromatic nitrogens is 2. The van der Waals surface area contributed by atoms with Crippen molar-refractivity contribution in [2.75, 3.05) is 77.8 Å². The molecule has 2 aliphatic rings. The van der Waals surface area contributed by atoms with Crippen LogP contribution in [0.5, 0.6) is 0 Å². The number of carbonyl (C=O) groups excluding carboxylic acids is 2. The molecule has 1 aromatic rings. The van der Waals surface area contributed by atoms with E-state index >= 15 is 0 Å². The molecule has 3 rings (SSSR count). The number of amides is 1. The predicted octanol–water partition coefficient (Wildman–Crippen LogP) is 3.24. The zero-order valence-electron chi connectivity index (χ0n) is 26.3. The fraction of sp³-hybridized carbons (Fsp3) is 0.800. The van der Waals surface area contributed by atoms with Gasteiger partial charge in [-0.1, -0.05) is 53.9 Å². The number of rotatable bonds is 12. The fourth-order valence-electron chi connectivity index (χ4n) is 5.06. The van der Waals surface area contributed by atoms with Crippen molar-refractivity contribution < 1.29 is 9.59 Å². The molecule has 0 aromatic carbocycles. The third-order valence-corrected chi connectivity index (χ3v) is 7.97. The number of nitrogens with zero attached hydrogens (tertiary/aromatic N) is 6. The van der Waals surface area contributed by atoms with Crippen LogP contribution in [-0.2, 0) is 17.3 Å². The van der Waals surface area contributed by atoms with E-state index in [9.17, 15) is 9.59 Å². The van der Waals surface area contributed by atoms with E-state index in [0.29, 0.717) is 24.7 Å². The number of aliphatic imine (C=N–C) groups is 1. The Balaban J connectivity index is 0.000000840. The van der Waals surface area contributed by atoms with Crippen LogP contribution in [0.25, 0.3) is 0 Å². The second kappa shape index (κ2) is 17.5. The molecular formula is C30H56N8O2. The van der Waals surface area contributed by atoms with Gasteiger partial charge in [0.15, 0.2) is 0 Å². The lowest BCUT2D eigenvalue weighted by molar-refractivity contribution is -0.109. The van der Waals surface area contributed by atoms with Crippen molar-refractivity contribution >= 4 is 24.2 Å². The molecule has 1 aliphatic carbocycles. The van der Waals surface area contributed by atoms with Crippen LogP contribution in [0.1, 0.15) is 82.9 Å². The van der Waals surface area contributed by atoms with Gasteiger partial charge in [0.05, 0.1) is 30.8 Å². The molecular weight excluding hydrogens is 504 g/mol. The van der Waals surface area contributed by atoms with Gasteiger partial charge in [0.2, 0.25) is 0 Å². The smallest absolute Gasteiger partial charge is 0.271 e.